The van der Waals surface area contributed by atoms with Crippen LogP contribution in [0.4, 0.5) is 0 Å². The first kappa shape index (κ1) is 12.9. The maximum atomic E-state index is 10.5. The lowest BCUT2D eigenvalue weighted by Crippen LogP contribution is -2.10. The van der Waals surface area contributed by atoms with Gasteiger partial charge < -0.3 is 10.4 Å². The van der Waals surface area contributed by atoms with Gasteiger partial charge in [-0.05, 0) is 19.5 Å². The van der Waals surface area contributed by atoms with Crippen molar-refractivity contribution in [2.24, 2.45) is 0 Å². The molecule has 78 valence electrons. The van der Waals surface area contributed by atoms with Gasteiger partial charge in [-0.15, -0.1) is 0 Å². The Morgan fingerprint density at radius 3 is 2.50 bits per heavy atom. The van der Waals surface area contributed by atoms with Crippen molar-refractivity contribution in [1.29, 1.82) is 0 Å². The molecule has 0 aliphatic rings. The molecule has 0 radical (unpaired) electrons. The molecule has 0 aromatic heterocycles. The van der Waals surface area contributed by atoms with Crippen LogP contribution in [-0.4, -0.2) is 24.7 Å². The highest BCUT2D eigenvalue weighted by molar-refractivity contribution is 6.31. The van der Waals surface area contributed by atoms with Crippen molar-refractivity contribution in [3.63, 3.8) is 0 Å². The topological polar surface area (TPSA) is 49.3 Å². The van der Waals surface area contributed by atoms with Crippen LogP contribution >= 0.6 is 11.6 Å². The maximum Gasteiger partial charge on any atom is 0.331 e. The van der Waals surface area contributed by atoms with E-state index in [9.17, 15) is 4.79 Å². The summed E-state index contributed by atoms with van der Waals surface area (Å²) in [6, 6.07) is 0. The van der Waals surface area contributed by atoms with Crippen molar-refractivity contribution >= 4 is 17.6 Å². The summed E-state index contributed by atoms with van der Waals surface area (Å²) >= 11 is 5.71. The zero-order valence-electron chi connectivity index (χ0n) is 8.30. The largest absolute Gasteiger partial charge is 0.478 e. The van der Waals surface area contributed by atoms with Gasteiger partial charge >= 0.3 is 5.97 Å². The Morgan fingerprint density at radius 2 is 2.14 bits per heavy atom. The van der Waals surface area contributed by atoms with Crippen LogP contribution in [0, 0.1) is 0 Å². The average Bonchev–Trinajstić information content (AvgIpc) is 2.10. The van der Waals surface area contributed by atoms with E-state index in [4.69, 9.17) is 16.7 Å². The first-order valence-corrected chi connectivity index (χ1v) is 4.47. The molecule has 0 heterocycles. The Morgan fingerprint density at radius 1 is 1.57 bits per heavy atom. The van der Waals surface area contributed by atoms with Crippen LogP contribution in [0.2, 0.25) is 0 Å². The maximum absolute atomic E-state index is 10.5. The number of halogens is 1. The van der Waals surface area contributed by atoms with Gasteiger partial charge in [0.05, 0.1) is 0 Å². The van der Waals surface area contributed by atoms with Gasteiger partial charge in [0.15, 0.2) is 0 Å². The third-order valence-electron chi connectivity index (χ3n) is 1.59. The summed E-state index contributed by atoms with van der Waals surface area (Å²) in [5.41, 5.74) is 1.03. The Labute approximate surface area is 88.8 Å². The molecule has 4 heteroatoms. The second-order valence-corrected chi connectivity index (χ2v) is 3.24. The standard InChI is InChI=1S/C10H14ClNO2/c1-7(10(13)14)4-5-9(6-12-3)8(2)11/h4-5,12H,2,6H2,1,3H3,(H,13,14)/b7-4+,9-5-. The van der Waals surface area contributed by atoms with Gasteiger partial charge in [0.25, 0.3) is 0 Å². The Bertz CT molecular complexity index is 292. The number of hydrogen-bond acceptors (Lipinski definition) is 2. The number of carboxylic acid groups (broad SMARTS) is 1. The minimum absolute atomic E-state index is 0.261. The minimum Gasteiger partial charge on any atom is -0.478 e. The van der Waals surface area contributed by atoms with E-state index < -0.39 is 5.97 Å². The number of hydrogen-bond donors (Lipinski definition) is 2. The summed E-state index contributed by atoms with van der Waals surface area (Å²) in [5, 5.41) is 11.9. The SMILES string of the molecule is C=C(Cl)/C(=C\C=C(/C)C(=O)O)CNC. The highest BCUT2D eigenvalue weighted by Crippen LogP contribution is 2.11. The van der Waals surface area contributed by atoms with Crippen molar-refractivity contribution in [3.05, 3.63) is 34.9 Å². The molecule has 0 unspecified atom stereocenters. The number of allylic oxidation sites excluding steroid dienone is 2. The Hall–Kier alpha value is -1.06. The van der Waals surface area contributed by atoms with E-state index in [1.165, 1.54) is 13.0 Å². The highest BCUT2D eigenvalue weighted by Gasteiger charge is 2.00. The summed E-state index contributed by atoms with van der Waals surface area (Å²) in [5.74, 6) is -0.940. The van der Waals surface area contributed by atoms with E-state index in [-0.39, 0.29) is 5.57 Å². The molecule has 2 N–H and O–H groups in total. The lowest BCUT2D eigenvalue weighted by Gasteiger charge is -2.02. The van der Waals surface area contributed by atoms with Crippen LogP contribution in [-0.2, 0) is 4.79 Å². The van der Waals surface area contributed by atoms with Crippen molar-refractivity contribution in [2.45, 2.75) is 6.92 Å². The third kappa shape index (κ3) is 4.84. The van der Waals surface area contributed by atoms with E-state index >= 15 is 0 Å². The Balaban J connectivity index is 4.67. The molecule has 0 saturated heterocycles. The first-order valence-electron chi connectivity index (χ1n) is 4.09. The summed E-state index contributed by atoms with van der Waals surface area (Å²) < 4.78 is 0. The number of carboxylic acids is 1. The molecule has 0 aromatic carbocycles. The van der Waals surface area contributed by atoms with Crippen molar-refractivity contribution in [2.75, 3.05) is 13.6 Å². The fourth-order valence-electron chi connectivity index (χ4n) is 0.733. The predicted octanol–water partition coefficient (Wildman–Crippen LogP) is 1.92. The molecule has 0 aliphatic heterocycles. The fourth-order valence-corrected chi connectivity index (χ4v) is 0.862. The van der Waals surface area contributed by atoms with Gasteiger partial charge in [-0.3, -0.25) is 0 Å². The van der Waals surface area contributed by atoms with E-state index in [0.717, 1.165) is 5.57 Å². The normalized spacial score (nSPS) is 12.8. The molecule has 0 fully saturated rings. The molecule has 0 aromatic rings. The highest BCUT2D eigenvalue weighted by atomic mass is 35.5. The van der Waals surface area contributed by atoms with E-state index in [0.29, 0.717) is 11.6 Å². The first-order chi connectivity index (χ1) is 6.49. The zero-order chi connectivity index (χ0) is 11.1. The molecular weight excluding hydrogens is 202 g/mol. The minimum atomic E-state index is -0.940. The number of aliphatic carboxylic acids is 1. The third-order valence-corrected chi connectivity index (χ3v) is 1.83. The fraction of sp³-hybridized carbons (Fsp3) is 0.300. The summed E-state index contributed by atoms with van der Waals surface area (Å²) in [6.07, 6.45) is 3.15. The van der Waals surface area contributed by atoms with Gasteiger partial charge in [-0.2, -0.15) is 0 Å². The molecule has 0 rings (SSSR count). The van der Waals surface area contributed by atoms with Crippen LogP contribution in [0.25, 0.3) is 0 Å². The van der Waals surface area contributed by atoms with Crippen LogP contribution in [0.5, 0.6) is 0 Å². The van der Waals surface area contributed by atoms with Crippen LogP contribution in [0.1, 0.15) is 6.92 Å². The molecule has 14 heavy (non-hydrogen) atoms. The van der Waals surface area contributed by atoms with Crippen molar-refractivity contribution in [1.82, 2.24) is 5.32 Å². The molecule has 0 atom stereocenters. The molecule has 0 bridgehead atoms. The number of rotatable bonds is 5. The number of carbonyl (C=O) groups is 1. The number of likely N-dealkylation sites (N-methyl/N-ethyl adjacent to an activating group) is 1. The molecule has 3 nitrogen and oxygen atoms in total. The smallest absolute Gasteiger partial charge is 0.331 e. The van der Waals surface area contributed by atoms with E-state index in [2.05, 4.69) is 11.9 Å². The quantitative estimate of drug-likeness (QED) is 0.544. The van der Waals surface area contributed by atoms with Gasteiger partial charge in [0.1, 0.15) is 0 Å². The summed E-state index contributed by atoms with van der Waals surface area (Å²) in [7, 11) is 1.78. The van der Waals surface area contributed by atoms with Crippen LogP contribution in [0.3, 0.4) is 0 Å². The van der Waals surface area contributed by atoms with Crippen LogP contribution in [0.15, 0.2) is 34.9 Å². The average molecular weight is 216 g/mol. The predicted molar refractivity (Wildman–Crippen MR) is 58.4 cm³/mol. The summed E-state index contributed by atoms with van der Waals surface area (Å²) in [6.45, 7) is 5.66. The molecule has 0 saturated carbocycles. The monoisotopic (exact) mass is 215 g/mol. The van der Waals surface area contributed by atoms with Gasteiger partial charge in [0, 0.05) is 17.2 Å². The lowest BCUT2D eigenvalue weighted by atomic mass is 10.2. The molecule has 0 spiro atoms. The summed E-state index contributed by atoms with van der Waals surface area (Å²) in [4.78, 5) is 10.5. The van der Waals surface area contributed by atoms with Gasteiger partial charge in [-0.1, -0.05) is 30.3 Å². The van der Waals surface area contributed by atoms with E-state index in [1.54, 1.807) is 13.1 Å². The molecular formula is C10H14ClNO2. The molecule has 0 aliphatic carbocycles. The van der Waals surface area contributed by atoms with Crippen molar-refractivity contribution in [3.8, 4) is 0 Å². The van der Waals surface area contributed by atoms with Gasteiger partial charge in [-0.25, -0.2) is 4.79 Å². The Kier molecular flexibility index (Phi) is 5.92. The second-order valence-electron chi connectivity index (χ2n) is 2.78. The van der Waals surface area contributed by atoms with Crippen LogP contribution < -0.4 is 5.32 Å². The second kappa shape index (κ2) is 6.40. The van der Waals surface area contributed by atoms with Gasteiger partial charge in [0.2, 0.25) is 0 Å². The number of nitrogens with one attached hydrogen (secondary N) is 1. The lowest BCUT2D eigenvalue weighted by molar-refractivity contribution is -0.132. The molecule has 0 amide bonds. The van der Waals surface area contributed by atoms with E-state index in [1.807, 2.05) is 0 Å². The van der Waals surface area contributed by atoms with Crippen molar-refractivity contribution < 1.29 is 9.90 Å². The zero-order valence-corrected chi connectivity index (χ0v) is 9.06.